The fraction of sp³-hybridized carbons (Fsp3) is 0.769. The Morgan fingerprint density at radius 2 is 2.31 bits per heavy atom. The van der Waals surface area contributed by atoms with Gasteiger partial charge in [-0.3, -0.25) is 4.79 Å². The van der Waals surface area contributed by atoms with E-state index < -0.39 is 0 Å². The van der Waals surface area contributed by atoms with Crippen molar-refractivity contribution in [1.29, 1.82) is 0 Å². The van der Waals surface area contributed by atoms with Gasteiger partial charge in [-0.2, -0.15) is 0 Å². The van der Waals surface area contributed by atoms with Crippen molar-refractivity contribution >= 4 is 5.97 Å². The predicted molar refractivity (Wildman–Crippen MR) is 61.0 cm³/mol. The molecule has 0 aromatic carbocycles. The number of carbonyl (C=O) groups is 1. The molecular weight excluding hydrogens is 204 g/mol. The molecule has 1 aliphatic carbocycles. The van der Waals surface area contributed by atoms with E-state index in [0.29, 0.717) is 18.9 Å². The highest BCUT2D eigenvalue weighted by molar-refractivity contribution is 5.70. The summed E-state index contributed by atoms with van der Waals surface area (Å²) in [7, 11) is 0. The third-order valence-electron chi connectivity index (χ3n) is 3.25. The number of rotatable bonds is 4. The predicted octanol–water partition coefficient (Wildman–Crippen LogP) is 2.46. The Bertz CT molecular complexity index is 254. The van der Waals surface area contributed by atoms with Crippen LogP contribution in [0.5, 0.6) is 0 Å². The highest BCUT2D eigenvalue weighted by atomic mass is 16.6. The number of allylic oxidation sites excluding steroid dienone is 2. The Morgan fingerprint density at radius 1 is 1.38 bits per heavy atom. The normalized spacial score (nSPS) is 29.2. The van der Waals surface area contributed by atoms with Gasteiger partial charge in [-0.15, -0.1) is 0 Å². The first-order chi connectivity index (χ1) is 7.84. The van der Waals surface area contributed by atoms with Crippen molar-refractivity contribution in [3.63, 3.8) is 0 Å². The molecule has 2 rings (SSSR count). The zero-order valence-electron chi connectivity index (χ0n) is 9.69. The molecule has 0 saturated carbocycles. The van der Waals surface area contributed by atoms with Crippen molar-refractivity contribution in [2.75, 3.05) is 13.2 Å². The maximum Gasteiger partial charge on any atom is 0.306 e. The van der Waals surface area contributed by atoms with E-state index >= 15 is 0 Å². The molecule has 0 radical (unpaired) electrons. The van der Waals surface area contributed by atoms with Crippen LogP contribution in [-0.2, 0) is 14.3 Å². The highest BCUT2D eigenvalue weighted by Gasteiger charge is 2.18. The van der Waals surface area contributed by atoms with Crippen molar-refractivity contribution < 1.29 is 14.3 Å². The van der Waals surface area contributed by atoms with E-state index in [9.17, 15) is 4.79 Å². The summed E-state index contributed by atoms with van der Waals surface area (Å²) in [4.78, 5) is 11.5. The third-order valence-corrected chi connectivity index (χ3v) is 3.25. The van der Waals surface area contributed by atoms with Crippen LogP contribution < -0.4 is 0 Å². The molecule has 1 heterocycles. The summed E-state index contributed by atoms with van der Waals surface area (Å²) < 4.78 is 10.8. The van der Waals surface area contributed by atoms with Crippen molar-refractivity contribution in [2.45, 2.75) is 44.6 Å². The van der Waals surface area contributed by atoms with Crippen LogP contribution in [0.1, 0.15) is 38.5 Å². The minimum absolute atomic E-state index is 0.0780. The molecule has 2 atom stereocenters. The molecule has 16 heavy (non-hydrogen) atoms. The van der Waals surface area contributed by atoms with Crippen LogP contribution >= 0.6 is 0 Å². The maximum atomic E-state index is 11.5. The lowest BCUT2D eigenvalue weighted by molar-refractivity contribution is -0.149. The van der Waals surface area contributed by atoms with E-state index in [2.05, 4.69) is 12.2 Å². The Kier molecular flexibility index (Phi) is 4.40. The molecular formula is C13H20O3. The van der Waals surface area contributed by atoms with Gasteiger partial charge in [0.1, 0.15) is 6.61 Å². The van der Waals surface area contributed by atoms with E-state index in [4.69, 9.17) is 9.47 Å². The first-order valence-corrected chi connectivity index (χ1v) is 6.28. The number of hydrogen-bond acceptors (Lipinski definition) is 3. The molecule has 3 heteroatoms. The summed E-state index contributed by atoms with van der Waals surface area (Å²) in [6.45, 7) is 1.25. The zero-order valence-corrected chi connectivity index (χ0v) is 9.69. The molecule has 3 nitrogen and oxygen atoms in total. The molecule has 0 spiro atoms. The Labute approximate surface area is 96.8 Å². The van der Waals surface area contributed by atoms with Gasteiger partial charge in [0.2, 0.25) is 0 Å². The molecule has 90 valence electrons. The summed E-state index contributed by atoms with van der Waals surface area (Å²) >= 11 is 0. The maximum absolute atomic E-state index is 11.5. The molecule has 1 saturated heterocycles. The number of esters is 1. The topological polar surface area (TPSA) is 35.5 Å². The Hall–Kier alpha value is -0.830. The van der Waals surface area contributed by atoms with Crippen molar-refractivity contribution in [1.82, 2.24) is 0 Å². The van der Waals surface area contributed by atoms with Gasteiger partial charge >= 0.3 is 5.97 Å². The quantitative estimate of drug-likeness (QED) is 0.543. The molecule has 1 aliphatic heterocycles. The lowest BCUT2D eigenvalue weighted by atomic mass is 10.1. The molecule has 1 fully saturated rings. The van der Waals surface area contributed by atoms with Gasteiger partial charge in [-0.25, -0.2) is 0 Å². The smallest absolute Gasteiger partial charge is 0.306 e. The third kappa shape index (κ3) is 3.63. The van der Waals surface area contributed by atoms with Crippen LogP contribution in [0.3, 0.4) is 0 Å². The molecule has 0 amide bonds. The van der Waals surface area contributed by atoms with Gasteiger partial charge in [-0.05, 0) is 38.0 Å². The van der Waals surface area contributed by atoms with E-state index in [1.165, 1.54) is 6.42 Å². The van der Waals surface area contributed by atoms with Crippen molar-refractivity contribution in [2.24, 2.45) is 5.92 Å². The van der Waals surface area contributed by atoms with E-state index in [0.717, 1.165) is 32.3 Å². The SMILES string of the molecule is O=C(CC1C=CCC1)OCC1CCCCO1. The fourth-order valence-corrected chi connectivity index (χ4v) is 2.26. The van der Waals surface area contributed by atoms with Crippen LogP contribution in [0.15, 0.2) is 12.2 Å². The average Bonchev–Trinajstić information content (AvgIpc) is 2.81. The lowest BCUT2D eigenvalue weighted by Gasteiger charge is -2.22. The second-order valence-electron chi connectivity index (χ2n) is 4.64. The molecule has 2 aliphatic rings. The Balaban J connectivity index is 1.61. The van der Waals surface area contributed by atoms with Gasteiger partial charge in [0.25, 0.3) is 0 Å². The minimum atomic E-state index is -0.0780. The zero-order chi connectivity index (χ0) is 11.2. The van der Waals surface area contributed by atoms with E-state index in [1.54, 1.807) is 0 Å². The second kappa shape index (κ2) is 6.04. The summed E-state index contributed by atoms with van der Waals surface area (Å²) in [5.41, 5.74) is 0. The highest BCUT2D eigenvalue weighted by Crippen LogP contribution is 2.21. The van der Waals surface area contributed by atoms with E-state index in [-0.39, 0.29) is 12.1 Å². The summed E-state index contributed by atoms with van der Waals surface area (Å²) in [6.07, 6.45) is 10.5. The van der Waals surface area contributed by atoms with Gasteiger partial charge < -0.3 is 9.47 Å². The van der Waals surface area contributed by atoms with Gasteiger partial charge in [0, 0.05) is 6.61 Å². The monoisotopic (exact) mass is 224 g/mol. The largest absolute Gasteiger partial charge is 0.463 e. The molecule has 0 aromatic rings. The van der Waals surface area contributed by atoms with Crippen LogP contribution in [0.25, 0.3) is 0 Å². The van der Waals surface area contributed by atoms with Crippen molar-refractivity contribution in [3.05, 3.63) is 12.2 Å². The molecule has 2 unspecified atom stereocenters. The van der Waals surface area contributed by atoms with Crippen LogP contribution in [0.4, 0.5) is 0 Å². The van der Waals surface area contributed by atoms with Crippen LogP contribution in [0, 0.1) is 5.92 Å². The number of ether oxygens (including phenoxy) is 2. The van der Waals surface area contributed by atoms with Gasteiger partial charge in [0.05, 0.1) is 12.5 Å². The van der Waals surface area contributed by atoms with E-state index in [1.807, 2.05) is 0 Å². The van der Waals surface area contributed by atoms with Crippen LogP contribution in [0.2, 0.25) is 0 Å². The first-order valence-electron chi connectivity index (χ1n) is 6.28. The molecule has 0 aromatic heterocycles. The average molecular weight is 224 g/mol. The summed E-state index contributed by atoms with van der Waals surface area (Å²) in [5, 5.41) is 0. The number of hydrogen-bond donors (Lipinski definition) is 0. The van der Waals surface area contributed by atoms with Gasteiger partial charge in [-0.1, -0.05) is 12.2 Å². The fourth-order valence-electron chi connectivity index (χ4n) is 2.26. The Morgan fingerprint density at radius 3 is 3.00 bits per heavy atom. The molecule has 0 N–H and O–H groups in total. The minimum Gasteiger partial charge on any atom is -0.463 e. The van der Waals surface area contributed by atoms with Crippen LogP contribution in [-0.4, -0.2) is 25.3 Å². The molecule has 0 bridgehead atoms. The first kappa shape index (κ1) is 11.6. The lowest BCUT2D eigenvalue weighted by Crippen LogP contribution is -2.26. The summed E-state index contributed by atoms with van der Waals surface area (Å²) in [6, 6.07) is 0. The standard InChI is InChI=1S/C13H20O3/c14-13(9-11-5-1-2-6-11)16-10-12-7-3-4-8-15-12/h1,5,11-12H,2-4,6-10H2. The summed E-state index contributed by atoms with van der Waals surface area (Å²) in [5.74, 6) is 0.325. The second-order valence-corrected chi connectivity index (χ2v) is 4.64. The number of carbonyl (C=O) groups excluding carboxylic acids is 1. The van der Waals surface area contributed by atoms with Gasteiger partial charge in [0.15, 0.2) is 0 Å². The van der Waals surface area contributed by atoms with Crippen molar-refractivity contribution in [3.8, 4) is 0 Å².